The number of esters is 1. The van der Waals surface area contributed by atoms with Crippen molar-refractivity contribution >= 4 is 12.1 Å². The highest BCUT2D eigenvalue weighted by atomic mass is 16.5. The van der Waals surface area contributed by atoms with E-state index < -0.39 is 6.09 Å². The number of carbonyl (C=O) groups is 2. The molecule has 1 fully saturated rings. The van der Waals surface area contributed by atoms with Crippen molar-refractivity contribution in [3.8, 4) is 0 Å². The molecule has 1 rings (SSSR count). The van der Waals surface area contributed by atoms with Crippen LogP contribution in [0.4, 0.5) is 4.79 Å². The summed E-state index contributed by atoms with van der Waals surface area (Å²) in [6.07, 6.45) is 0.354. The molecule has 0 radical (unpaired) electrons. The van der Waals surface area contributed by atoms with E-state index in [4.69, 9.17) is 4.74 Å². The molecule has 1 N–H and O–H groups in total. The van der Waals surface area contributed by atoms with Crippen LogP contribution in [0.15, 0.2) is 0 Å². The highest BCUT2D eigenvalue weighted by Gasteiger charge is 2.50. The number of nitrogens with zero attached hydrogens (tertiary/aromatic N) is 1. The lowest BCUT2D eigenvalue weighted by atomic mass is 9.90. The van der Waals surface area contributed by atoms with Crippen molar-refractivity contribution in [2.24, 2.45) is 5.92 Å². The van der Waals surface area contributed by atoms with Crippen LogP contribution in [-0.4, -0.2) is 47.4 Å². The molecule has 0 unspecified atom stereocenters. The maximum Gasteiger partial charge on any atom is 0.513 e. The lowest BCUT2D eigenvalue weighted by molar-refractivity contribution is -0.908. The number of carboxylic acid groups (broad SMARTS) is 1. The quantitative estimate of drug-likeness (QED) is 0.565. The van der Waals surface area contributed by atoms with Gasteiger partial charge < -0.3 is 9.84 Å². The molecule has 17 heavy (non-hydrogen) atoms. The fourth-order valence-corrected chi connectivity index (χ4v) is 2.56. The molecule has 0 aliphatic carbocycles. The summed E-state index contributed by atoms with van der Waals surface area (Å²) < 4.78 is 4.74. The Morgan fingerprint density at radius 2 is 1.71 bits per heavy atom. The number of piperidine rings is 1. The van der Waals surface area contributed by atoms with E-state index in [1.165, 1.54) is 7.11 Å². The summed E-state index contributed by atoms with van der Waals surface area (Å²) in [6, 6.07) is 0. The first-order valence-electron chi connectivity index (χ1n) is 5.93. The van der Waals surface area contributed by atoms with E-state index in [1.807, 2.05) is 20.8 Å². The topological polar surface area (TPSA) is 63.6 Å². The van der Waals surface area contributed by atoms with Crippen LogP contribution in [0.5, 0.6) is 0 Å². The van der Waals surface area contributed by atoms with E-state index >= 15 is 0 Å². The minimum atomic E-state index is -0.805. The fraction of sp³-hybridized carbons (Fsp3) is 0.833. The number of hydrogen-bond acceptors (Lipinski definition) is 3. The molecule has 5 heteroatoms. The molecular formula is C12H22NO4+. The van der Waals surface area contributed by atoms with E-state index in [1.54, 1.807) is 0 Å². The molecule has 0 atom stereocenters. The molecular weight excluding hydrogens is 222 g/mol. The fourth-order valence-electron chi connectivity index (χ4n) is 2.56. The first-order chi connectivity index (χ1) is 7.74. The van der Waals surface area contributed by atoms with Crippen LogP contribution in [0, 0.1) is 5.92 Å². The molecule has 0 aromatic carbocycles. The SMILES string of the molecule is COC(=O)C1CC[N+](C(=O)O)(C(C)(C)C)CC1. The molecule has 1 aliphatic heterocycles. The van der Waals surface area contributed by atoms with Crippen LogP contribution in [0.25, 0.3) is 0 Å². The monoisotopic (exact) mass is 244 g/mol. The van der Waals surface area contributed by atoms with Crippen molar-refractivity contribution in [1.29, 1.82) is 0 Å². The van der Waals surface area contributed by atoms with Gasteiger partial charge in [0.25, 0.3) is 0 Å². The lowest BCUT2D eigenvalue weighted by Crippen LogP contribution is -2.66. The molecule has 0 spiro atoms. The number of quaternary nitrogens is 1. The maximum absolute atomic E-state index is 11.5. The van der Waals surface area contributed by atoms with Crippen molar-refractivity contribution in [3.63, 3.8) is 0 Å². The number of carbonyl (C=O) groups excluding carboxylic acids is 1. The molecule has 0 aromatic rings. The third-order valence-electron chi connectivity index (χ3n) is 3.90. The molecule has 0 saturated carbocycles. The minimum absolute atomic E-state index is 0.0283. The second-order valence-corrected chi connectivity index (χ2v) is 5.67. The normalized spacial score (nSPS) is 29.8. The highest BCUT2D eigenvalue weighted by Crippen LogP contribution is 2.33. The summed E-state index contributed by atoms with van der Waals surface area (Å²) in [5, 5.41) is 9.46. The average Bonchev–Trinajstić information content (AvgIpc) is 2.26. The Balaban J connectivity index is 2.83. The Morgan fingerprint density at radius 3 is 2.00 bits per heavy atom. The average molecular weight is 244 g/mol. The van der Waals surface area contributed by atoms with Crippen LogP contribution in [-0.2, 0) is 9.53 Å². The zero-order valence-electron chi connectivity index (χ0n) is 11.0. The van der Waals surface area contributed by atoms with Gasteiger partial charge in [-0.3, -0.25) is 4.79 Å². The lowest BCUT2D eigenvalue weighted by Gasteiger charge is -2.46. The van der Waals surface area contributed by atoms with Crippen molar-refractivity contribution in [2.75, 3.05) is 20.2 Å². The Morgan fingerprint density at radius 1 is 1.24 bits per heavy atom. The highest BCUT2D eigenvalue weighted by molar-refractivity contribution is 5.72. The summed E-state index contributed by atoms with van der Waals surface area (Å²) in [5.41, 5.74) is -0.354. The minimum Gasteiger partial charge on any atom is -0.469 e. The summed E-state index contributed by atoms with van der Waals surface area (Å²) in [4.78, 5) is 22.9. The van der Waals surface area contributed by atoms with E-state index in [0.29, 0.717) is 25.9 Å². The number of rotatable bonds is 1. The van der Waals surface area contributed by atoms with Crippen molar-refractivity contribution in [1.82, 2.24) is 0 Å². The largest absolute Gasteiger partial charge is 0.513 e. The number of ether oxygens (including phenoxy) is 1. The van der Waals surface area contributed by atoms with Gasteiger partial charge in [-0.1, -0.05) is 0 Å². The summed E-state index contributed by atoms with van der Waals surface area (Å²) in [5.74, 6) is -0.366. The van der Waals surface area contributed by atoms with Gasteiger partial charge in [-0.15, -0.1) is 0 Å². The van der Waals surface area contributed by atoms with Gasteiger partial charge in [0.1, 0.15) is 5.54 Å². The second kappa shape index (κ2) is 4.64. The van der Waals surface area contributed by atoms with E-state index in [-0.39, 0.29) is 21.9 Å². The first kappa shape index (κ1) is 14.0. The molecule has 1 saturated heterocycles. The van der Waals surface area contributed by atoms with Crippen LogP contribution in [0.1, 0.15) is 33.6 Å². The number of amides is 1. The molecule has 1 aliphatic rings. The second-order valence-electron chi connectivity index (χ2n) is 5.67. The zero-order chi connectivity index (χ0) is 13.3. The summed E-state index contributed by atoms with van der Waals surface area (Å²) in [6.45, 7) is 6.76. The van der Waals surface area contributed by atoms with Gasteiger partial charge in [-0.05, 0) is 20.8 Å². The Hall–Kier alpha value is -1.10. The van der Waals surface area contributed by atoms with Gasteiger partial charge in [0.15, 0.2) is 0 Å². The van der Waals surface area contributed by atoms with E-state index in [0.717, 1.165) is 0 Å². The molecule has 0 bridgehead atoms. The van der Waals surface area contributed by atoms with Crippen molar-refractivity contribution in [3.05, 3.63) is 0 Å². The Kier molecular flexibility index (Phi) is 3.81. The van der Waals surface area contributed by atoms with Crippen LogP contribution < -0.4 is 0 Å². The van der Waals surface area contributed by atoms with Gasteiger partial charge in [-0.2, -0.15) is 4.79 Å². The van der Waals surface area contributed by atoms with Crippen LogP contribution in [0.2, 0.25) is 0 Å². The van der Waals surface area contributed by atoms with Gasteiger partial charge in [0.05, 0.1) is 26.1 Å². The smallest absolute Gasteiger partial charge is 0.469 e. The molecule has 1 amide bonds. The van der Waals surface area contributed by atoms with Crippen LogP contribution >= 0.6 is 0 Å². The number of methoxy groups -OCH3 is 1. The molecule has 5 nitrogen and oxygen atoms in total. The van der Waals surface area contributed by atoms with Gasteiger partial charge in [0.2, 0.25) is 0 Å². The summed E-state index contributed by atoms with van der Waals surface area (Å²) in [7, 11) is 1.38. The number of hydrogen-bond donors (Lipinski definition) is 1. The molecule has 98 valence electrons. The van der Waals surface area contributed by atoms with Gasteiger partial charge >= 0.3 is 12.1 Å². The van der Waals surface area contributed by atoms with Crippen LogP contribution in [0.3, 0.4) is 0 Å². The van der Waals surface area contributed by atoms with Crippen molar-refractivity contribution < 1.29 is 23.9 Å². The Labute approximate surface area is 102 Å². The molecule has 1 heterocycles. The first-order valence-corrected chi connectivity index (χ1v) is 5.93. The standard InChI is InChI=1S/C12H21NO4/c1-12(2,3)13(11(15)16)7-5-9(6-8-13)10(14)17-4/h9H,5-8H2,1-4H3/p+1. The van der Waals surface area contributed by atoms with Crippen molar-refractivity contribution in [2.45, 2.75) is 39.2 Å². The third kappa shape index (κ3) is 2.44. The van der Waals surface area contributed by atoms with Gasteiger partial charge in [-0.25, -0.2) is 4.48 Å². The molecule has 0 aromatic heterocycles. The summed E-state index contributed by atoms with van der Waals surface area (Å²) >= 11 is 0. The van der Waals surface area contributed by atoms with E-state index in [9.17, 15) is 14.7 Å². The maximum atomic E-state index is 11.5. The van der Waals surface area contributed by atoms with E-state index in [2.05, 4.69) is 0 Å². The predicted octanol–water partition coefficient (Wildman–Crippen LogP) is 1.86. The van der Waals surface area contributed by atoms with Gasteiger partial charge in [0, 0.05) is 12.8 Å². The predicted molar refractivity (Wildman–Crippen MR) is 62.5 cm³/mol. The Bertz CT molecular complexity index is 311. The third-order valence-corrected chi connectivity index (χ3v) is 3.90. The zero-order valence-corrected chi connectivity index (χ0v) is 11.0. The number of likely N-dealkylation sites (tertiary alicyclic amines) is 1.